The van der Waals surface area contributed by atoms with E-state index in [0.29, 0.717) is 22.5 Å². The summed E-state index contributed by atoms with van der Waals surface area (Å²) < 4.78 is 41.3. The Bertz CT molecular complexity index is 1440. The van der Waals surface area contributed by atoms with Gasteiger partial charge in [-0.25, -0.2) is 18.9 Å². The average Bonchev–Trinajstić information content (AvgIpc) is 3.14. The summed E-state index contributed by atoms with van der Waals surface area (Å²) in [7, 11) is 0. The van der Waals surface area contributed by atoms with Crippen molar-refractivity contribution in [3.05, 3.63) is 64.6 Å². The summed E-state index contributed by atoms with van der Waals surface area (Å²) in [6.07, 6.45) is -4.53. The molecule has 0 unspecified atom stereocenters. The van der Waals surface area contributed by atoms with Crippen LogP contribution in [0.25, 0.3) is 16.7 Å². The van der Waals surface area contributed by atoms with E-state index in [1.54, 1.807) is 18.2 Å². The largest absolute Gasteiger partial charge is 0.416 e. The van der Waals surface area contributed by atoms with Gasteiger partial charge in [0.15, 0.2) is 5.82 Å². The first-order chi connectivity index (χ1) is 16.3. The molecule has 2 aromatic carbocycles. The minimum absolute atomic E-state index is 0.0183. The Labute approximate surface area is 195 Å². The van der Waals surface area contributed by atoms with Crippen LogP contribution in [0.4, 0.5) is 24.7 Å². The van der Waals surface area contributed by atoms with E-state index in [-0.39, 0.29) is 5.69 Å². The predicted octanol–water partition coefficient (Wildman–Crippen LogP) is 3.25. The molecule has 0 atom stereocenters. The second kappa shape index (κ2) is 8.67. The molecule has 1 aliphatic rings. The summed E-state index contributed by atoms with van der Waals surface area (Å²) in [5.74, 6) is 1.74. The lowest BCUT2D eigenvalue weighted by Gasteiger charge is -2.27. The predicted molar refractivity (Wildman–Crippen MR) is 124 cm³/mol. The number of benzene rings is 2. The molecule has 0 saturated carbocycles. The lowest BCUT2D eigenvalue weighted by Crippen LogP contribution is -2.33. The number of nitrogens with one attached hydrogen (secondary N) is 1. The molecule has 0 spiro atoms. The zero-order chi connectivity index (χ0) is 23.9. The lowest BCUT2D eigenvalue weighted by molar-refractivity contribution is -0.137. The van der Waals surface area contributed by atoms with Crippen molar-refractivity contribution >= 4 is 45.9 Å². The van der Waals surface area contributed by atoms with Crippen LogP contribution in [0.3, 0.4) is 0 Å². The number of para-hydroxylation sites is 2. The lowest BCUT2D eigenvalue weighted by atomic mass is 10.2. The van der Waals surface area contributed by atoms with Gasteiger partial charge >= 0.3 is 11.9 Å². The van der Waals surface area contributed by atoms with Crippen molar-refractivity contribution in [1.82, 2.24) is 19.2 Å². The van der Waals surface area contributed by atoms with Crippen LogP contribution in [-0.2, 0) is 17.5 Å². The number of hydrogen-bond acceptors (Lipinski definition) is 6. The standard InChI is InChI=1S/C22H19F3N6O2S/c23-22(24,25)14-4-3-5-15(12-14)26-18(32)13-30-21(33)31-17-7-2-1-6-16(17)27-19(20(31)28-30)29-8-10-34-11-9-29/h1-7,12H,8-11,13H2,(H,26,32). The van der Waals surface area contributed by atoms with E-state index in [9.17, 15) is 22.8 Å². The molecular formula is C22H19F3N6O2S. The number of carbonyl (C=O) groups is 1. The van der Waals surface area contributed by atoms with Gasteiger partial charge in [-0.05, 0) is 30.3 Å². The van der Waals surface area contributed by atoms with Gasteiger partial charge in [-0.2, -0.15) is 24.9 Å². The first-order valence-electron chi connectivity index (χ1n) is 10.5. The van der Waals surface area contributed by atoms with Crippen LogP contribution in [0.2, 0.25) is 0 Å². The van der Waals surface area contributed by atoms with Crippen LogP contribution >= 0.6 is 11.8 Å². The molecule has 4 aromatic rings. The zero-order valence-corrected chi connectivity index (χ0v) is 18.6. The molecule has 3 heterocycles. The monoisotopic (exact) mass is 488 g/mol. The molecule has 1 amide bonds. The Morgan fingerprint density at radius 3 is 2.62 bits per heavy atom. The van der Waals surface area contributed by atoms with Crippen molar-refractivity contribution < 1.29 is 18.0 Å². The van der Waals surface area contributed by atoms with E-state index in [4.69, 9.17) is 4.98 Å². The molecule has 1 aliphatic heterocycles. The van der Waals surface area contributed by atoms with Crippen molar-refractivity contribution in [3.63, 3.8) is 0 Å². The maximum Gasteiger partial charge on any atom is 0.416 e. The highest BCUT2D eigenvalue weighted by Gasteiger charge is 2.30. The van der Waals surface area contributed by atoms with Crippen molar-refractivity contribution in [2.45, 2.75) is 12.7 Å². The SMILES string of the molecule is O=C(Cn1nc2c(N3CCSCC3)nc3ccccc3n2c1=O)Nc1cccc(C(F)(F)F)c1. The maximum atomic E-state index is 13.2. The highest BCUT2D eigenvalue weighted by Crippen LogP contribution is 2.30. The molecule has 1 N–H and O–H groups in total. The third-order valence-corrected chi connectivity index (χ3v) is 6.41. The summed E-state index contributed by atoms with van der Waals surface area (Å²) in [5.41, 5.74) is 0.0932. The number of carbonyl (C=O) groups excluding carboxylic acids is 1. The van der Waals surface area contributed by atoms with Gasteiger partial charge in [0, 0.05) is 30.3 Å². The van der Waals surface area contributed by atoms with Crippen molar-refractivity contribution in [2.75, 3.05) is 34.8 Å². The average molecular weight is 488 g/mol. The van der Waals surface area contributed by atoms with Gasteiger partial charge < -0.3 is 10.2 Å². The van der Waals surface area contributed by atoms with E-state index in [0.717, 1.165) is 41.4 Å². The number of rotatable bonds is 4. The van der Waals surface area contributed by atoms with Gasteiger partial charge in [-0.15, -0.1) is 5.10 Å². The van der Waals surface area contributed by atoms with E-state index in [1.807, 2.05) is 17.8 Å². The highest BCUT2D eigenvalue weighted by atomic mass is 32.2. The summed E-state index contributed by atoms with van der Waals surface area (Å²) >= 11 is 1.84. The van der Waals surface area contributed by atoms with Gasteiger partial charge in [-0.3, -0.25) is 4.79 Å². The number of alkyl halides is 3. The molecule has 0 radical (unpaired) electrons. The Kier molecular flexibility index (Phi) is 5.68. The van der Waals surface area contributed by atoms with Crippen LogP contribution in [0, 0.1) is 0 Å². The fourth-order valence-electron chi connectivity index (χ4n) is 3.88. The van der Waals surface area contributed by atoms with Crippen LogP contribution in [0.1, 0.15) is 5.56 Å². The molecule has 0 bridgehead atoms. The molecule has 176 valence electrons. The fraction of sp³-hybridized carbons (Fsp3) is 0.273. The normalized spacial score (nSPS) is 14.6. The molecule has 1 fully saturated rings. The van der Waals surface area contributed by atoms with Gasteiger partial charge in [0.05, 0.1) is 16.6 Å². The smallest absolute Gasteiger partial charge is 0.352 e. The number of fused-ring (bicyclic) bond motifs is 3. The Morgan fingerprint density at radius 2 is 1.85 bits per heavy atom. The van der Waals surface area contributed by atoms with Crippen LogP contribution in [0.5, 0.6) is 0 Å². The van der Waals surface area contributed by atoms with E-state index < -0.39 is 29.9 Å². The third-order valence-electron chi connectivity index (χ3n) is 5.47. The van der Waals surface area contributed by atoms with E-state index >= 15 is 0 Å². The van der Waals surface area contributed by atoms with Crippen LogP contribution in [0.15, 0.2) is 53.3 Å². The number of aromatic nitrogens is 4. The fourth-order valence-corrected chi connectivity index (χ4v) is 4.78. The molecule has 34 heavy (non-hydrogen) atoms. The minimum Gasteiger partial charge on any atom is -0.352 e. The van der Waals surface area contributed by atoms with Gasteiger partial charge in [0.25, 0.3) is 0 Å². The van der Waals surface area contributed by atoms with Crippen molar-refractivity contribution in [2.24, 2.45) is 0 Å². The number of amides is 1. The molecule has 2 aromatic heterocycles. The minimum atomic E-state index is -4.53. The molecule has 1 saturated heterocycles. The molecule has 12 heteroatoms. The maximum absolute atomic E-state index is 13.2. The summed E-state index contributed by atoms with van der Waals surface area (Å²) in [5, 5.41) is 6.80. The van der Waals surface area contributed by atoms with Gasteiger partial charge in [0.1, 0.15) is 6.54 Å². The number of halogens is 3. The van der Waals surface area contributed by atoms with Crippen LogP contribution in [-0.4, -0.2) is 49.7 Å². The quantitative estimate of drug-likeness (QED) is 0.475. The third kappa shape index (κ3) is 4.20. The number of anilines is 2. The second-order valence-corrected chi connectivity index (χ2v) is 8.97. The number of hydrogen-bond donors (Lipinski definition) is 1. The van der Waals surface area contributed by atoms with Gasteiger partial charge in [-0.1, -0.05) is 18.2 Å². The molecular weight excluding hydrogens is 469 g/mol. The highest BCUT2D eigenvalue weighted by molar-refractivity contribution is 7.99. The summed E-state index contributed by atoms with van der Waals surface area (Å²) in [6, 6.07) is 11.5. The molecule has 8 nitrogen and oxygen atoms in total. The zero-order valence-electron chi connectivity index (χ0n) is 17.7. The van der Waals surface area contributed by atoms with Crippen molar-refractivity contribution in [3.8, 4) is 0 Å². The van der Waals surface area contributed by atoms with Crippen molar-refractivity contribution in [1.29, 1.82) is 0 Å². The number of nitrogens with zero attached hydrogens (tertiary/aromatic N) is 5. The second-order valence-electron chi connectivity index (χ2n) is 7.75. The topological polar surface area (TPSA) is 84.5 Å². The van der Waals surface area contributed by atoms with E-state index in [2.05, 4.69) is 15.3 Å². The van der Waals surface area contributed by atoms with E-state index in [1.165, 1.54) is 16.5 Å². The number of thioether (sulfide) groups is 1. The Morgan fingerprint density at radius 1 is 1.09 bits per heavy atom. The summed E-state index contributed by atoms with van der Waals surface area (Å²) in [6.45, 7) is 1.05. The van der Waals surface area contributed by atoms with Crippen LogP contribution < -0.4 is 15.9 Å². The molecule has 0 aliphatic carbocycles. The first kappa shape index (κ1) is 22.3. The summed E-state index contributed by atoms with van der Waals surface area (Å²) in [4.78, 5) is 32.6. The van der Waals surface area contributed by atoms with Gasteiger partial charge in [0.2, 0.25) is 11.6 Å². The molecule has 5 rings (SSSR count). The first-order valence-corrected chi connectivity index (χ1v) is 11.6. The Balaban J connectivity index is 1.51. The Hall–Kier alpha value is -3.54.